The van der Waals surface area contributed by atoms with E-state index in [1.54, 1.807) is 12.1 Å². The Kier molecular flexibility index (Phi) is 3.36. The lowest BCUT2D eigenvalue weighted by Gasteiger charge is -2.20. The number of imide groups is 1. The molecule has 2 rings (SSSR count). The average Bonchev–Trinajstić information content (AvgIpc) is 2.80. The Hall–Kier alpha value is -2.24. The van der Waals surface area contributed by atoms with E-state index in [1.165, 1.54) is 19.4 Å². The Bertz CT molecular complexity index is 486. The molecule has 1 aliphatic heterocycles. The van der Waals surface area contributed by atoms with E-state index in [1.807, 2.05) is 0 Å². The largest absolute Gasteiger partial charge is 0.467 e. The summed E-state index contributed by atoms with van der Waals surface area (Å²) < 4.78 is 4.59. The standard InChI is InChI=1S/C12H12N2O4/c1-18-12(17)9-5-6-10(15)14(9)11(16)8-4-2-3-7-13-8/h2-4,7,9H,5-6H2,1H3/t9-/m0/s1. The van der Waals surface area contributed by atoms with Gasteiger partial charge in [0.05, 0.1) is 7.11 Å². The van der Waals surface area contributed by atoms with E-state index in [0.717, 1.165) is 4.90 Å². The molecule has 1 fully saturated rings. The molecule has 0 aromatic carbocycles. The lowest BCUT2D eigenvalue weighted by Crippen LogP contribution is -2.43. The van der Waals surface area contributed by atoms with Crippen LogP contribution >= 0.6 is 0 Å². The zero-order chi connectivity index (χ0) is 13.1. The number of carbonyl (C=O) groups excluding carboxylic acids is 3. The highest BCUT2D eigenvalue weighted by Gasteiger charge is 2.41. The van der Waals surface area contributed by atoms with Crippen molar-refractivity contribution in [3.8, 4) is 0 Å². The number of esters is 1. The summed E-state index contributed by atoms with van der Waals surface area (Å²) in [7, 11) is 1.23. The van der Waals surface area contributed by atoms with Crippen molar-refractivity contribution >= 4 is 17.8 Å². The van der Waals surface area contributed by atoms with Crippen LogP contribution in [-0.2, 0) is 14.3 Å². The van der Waals surface area contributed by atoms with Crippen LogP contribution in [0.15, 0.2) is 24.4 Å². The lowest BCUT2D eigenvalue weighted by molar-refractivity contribution is -0.147. The van der Waals surface area contributed by atoms with Crippen molar-refractivity contribution in [1.82, 2.24) is 9.88 Å². The molecular formula is C12H12N2O4. The van der Waals surface area contributed by atoms with Gasteiger partial charge in [-0.2, -0.15) is 0 Å². The van der Waals surface area contributed by atoms with Gasteiger partial charge in [-0.3, -0.25) is 19.5 Å². The van der Waals surface area contributed by atoms with Crippen LogP contribution in [0, 0.1) is 0 Å². The molecule has 1 aromatic rings. The van der Waals surface area contributed by atoms with Gasteiger partial charge in [0, 0.05) is 12.6 Å². The monoisotopic (exact) mass is 248 g/mol. The number of hydrogen-bond acceptors (Lipinski definition) is 5. The van der Waals surface area contributed by atoms with Crippen LogP contribution in [-0.4, -0.2) is 40.8 Å². The Balaban J connectivity index is 2.27. The number of carbonyl (C=O) groups is 3. The minimum atomic E-state index is -0.836. The van der Waals surface area contributed by atoms with Crippen LogP contribution in [0.4, 0.5) is 0 Å². The molecule has 1 saturated heterocycles. The SMILES string of the molecule is COC(=O)[C@@H]1CCC(=O)N1C(=O)c1ccccn1. The third-order valence-electron chi connectivity index (χ3n) is 2.79. The van der Waals surface area contributed by atoms with Crippen molar-refractivity contribution in [3.63, 3.8) is 0 Å². The van der Waals surface area contributed by atoms with Crippen molar-refractivity contribution < 1.29 is 19.1 Å². The van der Waals surface area contributed by atoms with Gasteiger partial charge in [-0.25, -0.2) is 4.79 Å². The highest BCUT2D eigenvalue weighted by atomic mass is 16.5. The van der Waals surface area contributed by atoms with Crippen molar-refractivity contribution in [1.29, 1.82) is 0 Å². The minimum Gasteiger partial charge on any atom is -0.467 e. The number of ether oxygens (including phenoxy) is 1. The molecule has 0 radical (unpaired) electrons. The van der Waals surface area contributed by atoms with Crippen LogP contribution < -0.4 is 0 Å². The molecular weight excluding hydrogens is 236 g/mol. The van der Waals surface area contributed by atoms with Crippen LogP contribution in [0.3, 0.4) is 0 Å². The Labute approximate surface area is 104 Å². The summed E-state index contributed by atoms with van der Waals surface area (Å²) in [5.74, 6) is -1.51. The van der Waals surface area contributed by atoms with Crippen LogP contribution in [0.25, 0.3) is 0 Å². The predicted molar refractivity (Wildman–Crippen MR) is 60.5 cm³/mol. The molecule has 0 unspecified atom stereocenters. The second-order valence-corrected chi connectivity index (χ2v) is 3.86. The van der Waals surface area contributed by atoms with Crippen LogP contribution in [0.5, 0.6) is 0 Å². The summed E-state index contributed by atoms with van der Waals surface area (Å²) in [6, 6.07) is 3.98. The maximum Gasteiger partial charge on any atom is 0.329 e. The quantitative estimate of drug-likeness (QED) is 0.558. The molecule has 6 nitrogen and oxygen atoms in total. The van der Waals surface area contributed by atoms with Crippen molar-refractivity contribution in [3.05, 3.63) is 30.1 Å². The predicted octanol–water partition coefficient (Wildman–Crippen LogP) is 0.386. The number of pyridine rings is 1. The number of rotatable bonds is 2. The van der Waals surface area contributed by atoms with Crippen LogP contribution in [0.2, 0.25) is 0 Å². The minimum absolute atomic E-state index is 0.140. The molecule has 0 N–H and O–H groups in total. The van der Waals surface area contributed by atoms with E-state index in [-0.39, 0.29) is 18.0 Å². The highest BCUT2D eigenvalue weighted by molar-refractivity contribution is 6.07. The summed E-state index contributed by atoms with van der Waals surface area (Å²) in [5.41, 5.74) is 0.140. The summed E-state index contributed by atoms with van der Waals surface area (Å²) in [4.78, 5) is 40.1. The molecule has 2 heterocycles. The number of nitrogens with zero attached hydrogens (tertiary/aromatic N) is 2. The van der Waals surface area contributed by atoms with E-state index in [0.29, 0.717) is 6.42 Å². The second-order valence-electron chi connectivity index (χ2n) is 3.86. The number of amides is 2. The highest BCUT2D eigenvalue weighted by Crippen LogP contribution is 2.21. The molecule has 2 amide bonds. The third kappa shape index (κ3) is 2.09. The van der Waals surface area contributed by atoms with E-state index in [4.69, 9.17) is 0 Å². The summed E-state index contributed by atoms with van der Waals surface area (Å²) in [6.45, 7) is 0. The second kappa shape index (κ2) is 4.95. The average molecular weight is 248 g/mol. The van der Waals surface area contributed by atoms with Crippen molar-refractivity contribution in [2.24, 2.45) is 0 Å². The molecule has 94 valence electrons. The van der Waals surface area contributed by atoms with E-state index >= 15 is 0 Å². The molecule has 1 aliphatic rings. The molecule has 0 saturated carbocycles. The Morgan fingerprint density at radius 2 is 2.22 bits per heavy atom. The van der Waals surface area contributed by atoms with Gasteiger partial charge in [0.1, 0.15) is 11.7 Å². The Morgan fingerprint density at radius 1 is 1.44 bits per heavy atom. The van der Waals surface area contributed by atoms with E-state index in [2.05, 4.69) is 9.72 Å². The molecule has 1 atom stereocenters. The topological polar surface area (TPSA) is 76.6 Å². The van der Waals surface area contributed by atoms with Gasteiger partial charge in [0.25, 0.3) is 5.91 Å². The zero-order valence-electron chi connectivity index (χ0n) is 9.83. The molecule has 0 aliphatic carbocycles. The maximum absolute atomic E-state index is 12.1. The molecule has 6 heteroatoms. The van der Waals surface area contributed by atoms with Gasteiger partial charge in [-0.15, -0.1) is 0 Å². The van der Waals surface area contributed by atoms with E-state index < -0.39 is 17.9 Å². The fraction of sp³-hybridized carbons (Fsp3) is 0.333. The number of methoxy groups -OCH3 is 1. The first kappa shape index (κ1) is 12.2. The lowest BCUT2D eigenvalue weighted by atomic mass is 10.2. The Morgan fingerprint density at radius 3 is 2.83 bits per heavy atom. The first-order valence-corrected chi connectivity index (χ1v) is 5.50. The normalized spacial score (nSPS) is 18.8. The summed E-state index contributed by atoms with van der Waals surface area (Å²) in [6.07, 6.45) is 1.92. The maximum atomic E-state index is 12.1. The summed E-state index contributed by atoms with van der Waals surface area (Å²) >= 11 is 0. The third-order valence-corrected chi connectivity index (χ3v) is 2.79. The van der Waals surface area contributed by atoms with Gasteiger partial charge in [0.2, 0.25) is 5.91 Å². The molecule has 18 heavy (non-hydrogen) atoms. The van der Waals surface area contributed by atoms with Gasteiger partial charge < -0.3 is 4.74 Å². The van der Waals surface area contributed by atoms with Gasteiger partial charge in [-0.05, 0) is 18.6 Å². The molecule has 0 spiro atoms. The molecule has 1 aromatic heterocycles. The van der Waals surface area contributed by atoms with Crippen molar-refractivity contribution in [2.75, 3.05) is 7.11 Å². The van der Waals surface area contributed by atoms with Gasteiger partial charge in [-0.1, -0.05) is 6.07 Å². The van der Waals surface area contributed by atoms with Gasteiger partial charge in [0.15, 0.2) is 0 Å². The van der Waals surface area contributed by atoms with E-state index in [9.17, 15) is 14.4 Å². The summed E-state index contributed by atoms with van der Waals surface area (Å²) in [5, 5.41) is 0. The first-order chi connectivity index (χ1) is 8.65. The first-order valence-electron chi connectivity index (χ1n) is 5.50. The van der Waals surface area contributed by atoms with Crippen molar-refractivity contribution in [2.45, 2.75) is 18.9 Å². The number of aromatic nitrogens is 1. The zero-order valence-corrected chi connectivity index (χ0v) is 9.83. The van der Waals surface area contributed by atoms with Gasteiger partial charge >= 0.3 is 5.97 Å². The number of hydrogen-bond donors (Lipinski definition) is 0. The fourth-order valence-corrected chi connectivity index (χ4v) is 1.91. The van der Waals surface area contributed by atoms with Crippen LogP contribution in [0.1, 0.15) is 23.3 Å². The smallest absolute Gasteiger partial charge is 0.329 e. The fourth-order valence-electron chi connectivity index (χ4n) is 1.91. The number of likely N-dealkylation sites (tertiary alicyclic amines) is 1. The molecule has 0 bridgehead atoms.